The zero-order valence-corrected chi connectivity index (χ0v) is 50.3. The van der Waals surface area contributed by atoms with E-state index in [1.165, 1.54) is 13.8 Å². The van der Waals surface area contributed by atoms with Gasteiger partial charge in [-0.3, -0.25) is 19.2 Å². The van der Waals surface area contributed by atoms with Gasteiger partial charge < -0.3 is 175 Å². The summed E-state index contributed by atoms with van der Waals surface area (Å²) >= 11 is 0. The van der Waals surface area contributed by atoms with Gasteiger partial charge in [0.2, 0.25) is 29.9 Å². The van der Waals surface area contributed by atoms with Crippen LogP contribution in [0.15, 0.2) is 0 Å². The van der Waals surface area contributed by atoms with Crippen molar-refractivity contribution in [1.82, 2.24) is 21.3 Å². The molecular formula is C52H90N4O35. The smallest absolute Gasteiger partial charge is 0.218 e. The Bertz CT molecular complexity index is 2280. The van der Waals surface area contributed by atoms with E-state index in [0.717, 1.165) is 27.7 Å². The van der Waals surface area contributed by atoms with Crippen molar-refractivity contribution in [3.63, 3.8) is 0 Å². The van der Waals surface area contributed by atoms with E-state index in [-0.39, 0.29) is 6.42 Å². The predicted octanol–water partition coefficient (Wildman–Crippen LogP) is -13.6. The second-order valence-electron chi connectivity index (χ2n) is 22.9. The van der Waals surface area contributed by atoms with Gasteiger partial charge in [0.05, 0.1) is 65.0 Å². The minimum Gasteiger partial charge on any atom is -0.394 e. The number of carbonyl (C=O) groups excluding carboxylic acids is 4. The standard InChI is InChI=1S/C52H90N4O35/c1-7-52(14-62,15-63)91-51(45(78)56-20(6)67)90-43-37(75)31(69)22(9-58)82-49(43)79-13-26-33(71)42(88-50-44(38(76)32(70)23(10-59)83-50)89-46-28(54-18(4)65)34(72)30(68)21(8-57)81-46)39(77)48(85-26)87-41-25(12-61)84-47(29(36(41)74)55-19(5)66)86-40-24(11-60)80-16(2)27(35(40)73)53-17(3)64/h16,21-51,57-63,68-78H,7-15H2,1-6H3,(H,53,64)(H,54,65)(H,55,66)(H,56,67)/t16-,21?,22?,23?,24?,25?,26?,27?,28?,29?,30+,31+,32+,33+,34?,35?,36?,37?,38?,39?,40+,41+,42?,43?,44?,45?,46-,47-,48-,49-,50+,51+/m0/s1. The first-order chi connectivity index (χ1) is 43.0. The molecule has 528 valence electrons. The molecule has 32 atom stereocenters. The summed E-state index contributed by atoms with van der Waals surface area (Å²) in [7, 11) is 0. The number of hydrogen-bond acceptors (Lipinski definition) is 35. The van der Waals surface area contributed by atoms with Crippen LogP contribution in [-0.4, -0.2) is 370 Å². The van der Waals surface area contributed by atoms with Crippen molar-refractivity contribution in [1.29, 1.82) is 0 Å². The minimum atomic E-state index is -2.43. The van der Waals surface area contributed by atoms with Crippen LogP contribution in [-0.2, 0) is 80.8 Å². The molecule has 0 aromatic rings. The lowest BCUT2D eigenvalue weighted by molar-refractivity contribution is -0.396. The topological polar surface area (TPSA) is 601 Å². The largest absolute Gasteiger partial charge is 0.394 e. The highest BCUT2D eigenvalue weighted by atomic mass is 16.8. The number of nitrogens with one attached hydrogen (secondary N) is 4. The normalized spacial score (nSPS) is 43.0. The Labute approximate surface area is 519 Å². The molecule has 6 heterocycles. The Kier molecular flexibility index (Phi) is 28.7. The number of carbonyl (C=O) groups is 4. The second-order valence-corrected chi connectivity index (χ2v) is 22.9. The zero-order valence-electron chi connectivity index (χ0n) is 50.3. The second kappa shape index (κ2) is 34.0. The SMILES string of the molecule is CCC(CO)(CO)O[C@@H](OC1C(O)[C@H](O)C(CO)O[C@@H]1OCC1O[C@@H](O[C@@H]2C(CO)O[C@@H](O[C@@H]3C(CO)O[C@@H](C)C(NC(C)=O)C3O)C(NC(C)=O)C2O)C(O)C(O[C@H]2OC(CO)[C@@H](O)C(O)C2O[C@@H]2OC(CO)[C@@H](O)C(O)C2NC(C)=O)[C@@H]1O)C(O)NC(C)=O. The number of rotatable bonds is 28. The highest BCUT2D eigenvalue weighted by Crippen LogP contribution is 2.38. The maximum absolute atomic E-state index is 12.9. The molecule has 0 aliphatic carbocycles. The molecule has 6 aliphatic heterocycles. The van der Waals surface area contributed by atoms with Crippen molar-refractivity contribution in [2.75, 3.05) is 52.9 Å². The zero-order chi connectivity index (χ0) is 67.7. The Hall–Kier alpha value is -3.36. The van der Waals surface area contributed by atoms with Crippen molar-refractivity contribution in [2.45, 2.75) is 250 Å². The summed E-state index contributed by atoms with van der Waals surface area (Å²) in [5.41, 5.74) is -1.91. The Morgan fingerprint density at radius 3 is 1.33 bits per heavy atom. The first-order valence-electron chi connectivity index (χ1n) is 29.3. The summed E-state index contributed by atoms with van der Waals surface area (Å²) in [5.74, 6) is -3.15. The predicted molar refractivity (Wildman–Crippen MR) is 288 cm³/mol. The average Bonchev–Trinajstić information content (AvgIpc) is 0.858. The maximum atomic E-state index is 12.9. The Balaban J connectivity index is 1.40. The molecule has 0 aromatic carbocycles. The van der Waals surface area contributed by atoms with Gasteiger partial charge in [-0.2, -0.15) is 0 Å². The fourth-order valence-electron chi connectivity index (χ4n) is 11.3. The number of hydrogen-bond donors (Lipinski definition) is 22. The van der Waals surface area contributed by atoms with Gasteiger partial charge in [-0.15, -0.1) is 0 Å². The van der Waals surface area contributed by atoms with Gasteiger partial charge in [-0.05, 0) is 13.3 Å². The van der Waals surface area contributed by atoms with Crippen molar-refractivity contribution in [2.24, 2.45) is 0 Å². The van der Waals surface area contributed by atoms with Crippen molar-refractivity contribution in [3.05, 3.63) is 0 Å². The van der Waals surface area contributed by atoms with Crippen LogP contribution in [0.4, 0.5) is 0 Å². The van der Waals surface area contributed by atoms with Crippen LogP contribution in [0.5, 0.6) is 0 Å². The first kappa shape index (κ1) is 76.7. The Morgan fingerprint density at radius 2 is 0.835 bits per heavy atom. The molecule has 0 bridgehead atoms. The molecule has 0 aromatic heterocycles. The summed E-state index contributed by atoms with van der Waals surface area (Å²) in [6, 6.07) is -4.66. The highest BCUT2D eigenvalue weighted by molar-refractivity contribution is 5.74. The number of ether oxygens (including phenoxy) is 13. The van der Waals surface area contributed by atoms with Gasteiger partial charge in [-0.25, -0.2) is 0 Å². The van der Waals surface area contributed by atoms with Gasteiger partial charge in [0.25, 0.3) is 0 Å². The molecular weight excluding hydrogens is 1240 g/mol. The van der Waals surface area contributed by atoms with Crippen LogP contribution < -0.4 is 21.3 Å². The summed E-state index contributed by atoms with van der Waals surface area (Å²) < 4.78 is 77.5. The van der Waals surface area contributed by atoms with Crippen LogP contribution in [0.1, 0.15) is 48.0 Å². The molecule has 91 heavy (non-hydrogen) atoms. The molecule has 6 fully saturated rings. The minimum absolute atomic E-state index is 0.166. The monoisotopic (exact) mass is 1330 g/mol. The molecule has 0 saturated carbocycles. The number of aliphatic hydroxyl groups is 18. The highest BCUT2D eigenvalue weighted by Gasteiger charge is 2.58. The van der Waals surface area contributed by atoms with Gasteiger partial charge in [-0.1, -0.05) is 6.92 Å². The summed E-state index contributed by atoms with van der Waals surface area (Å²) in [6.45, 7) is -0.788. The van der Waals surface area contributed by atoms with E-state index in [1.807, 2.05) is 0 Å². The van der Waals surface area contributed by atoms with E-state index in [0.29, 0.717) is 0 Å². The lowest BCUT2D eigenvalue weighted by Gasteiger charge is -2.51. The lowest BCUT2D eigenvalue weighted by Crippen LogP contribution is -2.70. The quantitative estimate of drug-likeness (QED) is 0.0324. The summed E-state index contributed by atoms with van der Waals surface area (Å²) in [5, 5.41) is 208. The van der Waals surface area contributed by atoms with E-state index in [1.54, 1.807) is 0 Å². The third kappa shape index (κ3) is 18.0. The van der Waals surface area contributed by atoms with Crippen LogP contribution in [0, 0.1) is 0 Å². The molecule has 39 heteroatoms. The molecule has 39 nitrogen and oxygen atoms in total. The molecule has 6 aliphatic rings. The molecule has 6 rings (SSSR count). The molecule has 6 saturated heterocycles. The van der Waals surface area contributed by atoms with Gasteiger partial charge in [0.1, 0.15) is 146 Å². The van der Waals surface area contributed by atoms with E-state index < -0.39 is 278 Å². The number of amides is 4. The van der Waals surface area contributed by atoms with Crippen LogP contribution in [0.3, 0.4) is 0 Å². The van der Waals surface area contributed by atoms with E-state index in [2.05, 4.69) is 21.3 Å². The molecule has 4 amide bonds. The van der Waals surface area contributed by atoms with Crippen LogP contribution in [0.25, 0.3) is 0 Å². The van der Waals surface area contributed by atoms with E-state index in [4.69, 9.17) is 61.6 Å². The number of aliphatic hydroxyl groups excluding tert-OH is 18. The molecule has 19 unspecified atom stereocenters. The molecule has 0 radical (unpaired) electrons. The van der Waals surface area contributed by atoms with Crippen molar-refractivity contribution < 1.29 is 173 Å². The summed E-state index contributed by atoms with van der Waals surface area (Å²) in [6.07, 6.45) is -57.3. The molecule has 22 N–H and O–H groups in total. The summed E-state index contributed by atoms with van der Waals surface area (Å²) in [4.78, 5) is 49.5. The van der Waals surface area contributed by atoms with Crippen molar-refractivity contribution in [3.8, 4) is 0 Å². The fourth-order valence-corrected chi connectivity index (χ4v) is 11.3. The molecule has 0 spiro atoms. The van der Waals surface area contributed by atoms with E-state index in [9.17, 15) is 111 Å². The fraction of sp³-hybridized carbons (Fsp3) is 0.923. The third-order valence-electron chi connectivity index (χ3n) is 16.4. The van der Waals surface area contributed by atoms with Gasteiger partial charge in [0, 0.05) is 27.7 Å². The maximum Gasteiger partial charge on any atom is 0.218 e. The van der Waals surface area contributed by atoms with Gasteiger partial charge >= 0.3 is 0 Å². The van der Waals surface area contributed by atoms with Crippen LogP contribution >= 0.6 is 0 Å². The van der Waals surface area contributed by atoms with Gasteiger partial charge in [0.15, 0.2) is 37.7 Å². The first-order valence-corrected chi connectivity index (χ1v) is 29.3. The van der Waals surface area contributed by atoms with Crippen molar-refractivity contribution >= 4 is 23.6 Å². The lowest BCUT2D eigenvalue weighted by atomic mass is 9.92. The van der Waals surface area contributed by atoms with Crippen LogP contribution in [0.2, 0.25) is 0 Å². The Morgan fingerprint density at radius 1 is 0.429 bits per heavy atom. The van der Waals surface area contributed by atoms with E-state index >= 15 is 0 Å². The third-order valence-corrected chi connectivity index (χ3v) is 16.4. The average molecular weight is 1330 g/mol.